The van der Waals surface area contributed by atoms with Gasteiger partial charge < -0.3 is 15.5 Å². The maximum atomic E-state index is 12.6. The third-order valence-corrected chi connectivity index (χ3v) is 4.91. The third kappa shape index (κ3) is 6.08. The van der Waals surface area contributed by atoms with Crippen LogP contribution in [0.1, 0.15) is 72.1 Å². The minimum Gasteiger partial charge on any atom is -0.363 e. The normalized spacial score (nSPS) is 20.9. The Balaban J connectivity index is 1.66. The number of piperidine rings is 1. The summed E-state index contributed by atoms with van der Waals surface area (Å²) in [6.07, 6.45) is 10.9. The van der Waals surface area contributed by atoms with Crippen molar-refractivity contribution in [2.75, 3.05) is 13.1 Å². The summed E-state index contributed by atoms with van der Waals surface area (Å²) in [5.74, 6) is 0.946. The van der Waals surface area contributed by atoms with Gasteiger partial charge in [-0.05, 0) is 83.9 Å². The smallest absolute Gasteiger partial charge is 0.226 e. The van der Waals surface area contributed by atoms with Crippen molar-refractivity contribution in [2.45, 2.75) is 77.7 Å². The van der Waals surface area contributed by atoms with Crippen LogP contribution < -0.4 is 10.6 Å². The van der Waals surface area contributed by atoms with E-state index in [0.29, 0.717) is 23.4 Å². The topological polar surface area (TPSA) is 44.4 Å². The van der Waals surface area contributed by atoms with Crippen LogP contribution in [0, 0.1) is 5.92 Å². The molecule has 4 nitrogen and oxygen atoms in total. The van der Waals surface area contributed by atoms with Gasteiger partial charge in [-0.3, -0.25) is 4.79 Å². The molecule has 1 atom stereocenters. The molecule has 24 heavy (non-hydrogen) atoms. The monoisotopic (exact) mass is 351 g/mol. The zero-order chi connectivity index (χ0) is 17.6. The Kier molecular flexibility index (Phi) is 7.08. The van der Waals surface area contributed by atoms with Gasteiger partial charge in [-0.25, -0.2) is 0 Å². The van der Waals surface area contributed by atoms with E-state index in [2.05, 4.69) is 42.4 Å². The zero-order valence-electron chi connectivity index (χ0n) is 15.5. The lowest BCUT2D eigenvalue weighted by Gasteiger charge is -2.38. The van der Waals surface area contributed by atoms with Gasteiger partial charge in [0.05, 0.1) is 0 Å². The van der Waals surface area contributed by atoms with Gasteiger partial charge in [-0.1, -0.05) is 6.08 Å². The lowest BCUT2D eigenvalue weighted by Crippen LogP contribution is -2.46. The molecule has 1 aliphatic heterocycles. The molecule has 1 heterocycles. The first-order valence-corrected chi connectivity index (χ1v) is 9.84. The van der Waals surface area contributed by atoms with Gasteiger partial charge in [0.25, 0.3) is 0 Å². The molecule has 1 saturated heterocycles. The number of amides is 1. The molecular weight excluding hydrogens is 318 g/mol. The number of unbranched alkanes of at least 4 members (excludes halogenated alkanes) is 1. The van der Waals surface area contributed by atoms with Crippen LogP contribution in [-0.2, 0) is 4.79 Å². The van der Waals surface area contributed by atoms with Gasteiger partial charge in [-0.2, -0.15) is 0 Å². The molecule has 2 aliphatic rings. The second kappa shape index (κ2) is 8.84. The van der Waals surface area contributed by atoms with E-state index in [9.17, 15) is 4.79 Å². The summed E-state index contributed by atoms with van der Waals surface area (Å²) in [7, 11) is 0. The van der Waals surface area contributed by atoms with Crippen LogP contribution in [-0.4, -0.2) is 34.5 Å². The van der Waals surface area contributed by atoms with Crippen LogP contribution in [0.15, 0.2) is 11.8 Å². The molecule has 1 amide bonds. The largest absolute Gasteiger partial charge is 0.363 e. The van der Waals surface area contributed by atoms with Gasteiger partial charge in [0.15, 0.2) is 5.11 Å². The first-order valence-electron chi connectivity index (χ1n) is 9.43. The van der Waals surface area contributed by atoms with Crippen LogP contribution in [0.25, 0.3) is 0 Å². The van der Waals surface area contributed by atoms with E-state index < -0.39 is 0 Å². The molecule has 0 aromatic heterocycles. The molecule has 0 saturated carbocycles. The first-order chi connectivity index (χ1) is 11.4. The highest BCUT2D eigenvalue weighted by molar-refractivity contribution is 7.80. The molecule has 0 spiro atoms. The van der Waals surface area contributed by atoms with Crippen LogP contribution in [0.2, 0.25) is 0 Å². The summed E-state index contributed by atoms with van der Waals surface area (Å²) in [5.41, 5.74) is 1.31. The maximum Gasteiger partial charge on any atom is 0.226 e. The summed E-state index contributed by atoms with van der Waals surface area (Å²) in [4.78, 5) is 14.6. The van der Waals surface area contributed by atoms with Crippen molar-refractivity contribution in [2.24, 2.45) is 5.92 Å². The number of nitrogens with zero attached hydrogens (tertiary/aromatic N) is 1. The molecule has 136 valence electrons. The number of likely N-dealkylation sites (tertiary alicyclic amines) is 1. The van der Waals surface area contributed by atoms with Crippen LogP contribution in [0.3, 0.4) is 0 Å². The number of fused-ring (bicyclic) bond motifs is 1. The van der Waals surface area contributed by atoms with E-state index in [0.717, 1.165) is 38.8 Å². The summed E-state index contributed by atoms with van der Waals surface area (Å²) in [6, 6.07) is 0. The molecule has 1 aliphatic carbocycles. The van der Waals surface area contributed by atoms with Gasteiger partial charge in [-0.15, -0.1) is 0 Å². The van der Waals surface area contributed by atoms with Crippen molar-refractivity contribution in [1.29, 1.82) is 0 Å². The van der Waals surface area contributed by atoms with Crippen LogP contribution in [0.5, 0.6) is 0 Å². The number of hydrogen-bond donors (Lipinski definition) is 2. The third-order valence-electron chi connectivity index (χ3n) is 4.67. The molecule has 0 radical (unpaired) electrons. The van der Waals surface area contributed by atoms with Crippen LogP contribution in [0.4, 0.5) is 0 Å². The fourth-order valence-corrected chi connectivity index (χ4v) is 3.98. The summed E-state index contributed by atoms with van der Waals surface area (Å²) >= 11 is 5.26. The highest BCUT2D eigenvalue weighted by Crippen LogP contribution is 2.35. The Morgan fingerprint density at radius 3 is 2.79 bits per heavy atom. The molecular formula is C19H33N3OS. The Hall–Kier alpha value is -1.10. The Morgan fingerprint density at radius 1 is 1.29 bits per heavy atom. The lowest BCUT2D eigenvalue weighted by molar-refractivity contribution is -0.130. The maximum absolute atomic E-state index is 12.6. The van der Waals surface area contributed by atoms with Gasteiger partial charge in [0, 0.05) is 30.7 Å². The van der Waals surface area contributed by atoms with Gasteiger partial charge >= 0.3 is 0 Å². The van der Waals surface area contributed by atoms with Crippen molar-refractivity contribution in [3.63, 3.8) is 0 Å². The molecule has 1 fully saturated rings. The van der Waals surface area contributed by atoms with E-state index in [1.54, 1.807) is 0 Å². The van der Waals surface area contributed by atoms with Crippen molar-refractivity contribution >= 4 is 23.2 Å². The van der Waals surface area contributed by atoms with Crippen molar-refractivity contribution in [3.8, 4) is 0 Å². The van der Waals surface area contributed by atoms with Crippen molar-refractivity contribution in [1.82, 2.24) is 15.5 Å². The number of carbonyl (C=O) groups is 1. The SMILES string of the molecule is CC(C)(C)NC(=S)NCCCCC(=O)N1CCCC2CCCC=C21. The Bertz CT molecular complexity index is 481. The average molecular weight is 352 g/mol. The van der Waals surface area contributed by atoms with Crippen LogP contribution >= 0.6 is 12.2 Å². The number of carbonyl (C=O) groups excluding carboxylic acids is 1. The van der Waals surface area contributed by atoms with E-state index in [4.69, 9.17) is 12.2 Å². The fourth-order valence-electron chi connectivity index (χ4n) is 3.57. The average Bonchev–Trinajstić information content (AvgIpc) is 2.52. The van der Waals surface area contributed by atoms with Crippen molar-refractivity contribution in [3.05, 3.63) is 11.8 Å². The number of hydrogen-bond acceptors (Lipinski definition) is 2. The first kappa shape index (κ1) is 19.2. The second-order valence-electron chi connectivity index (χ2n) is 8.03. The van der Waals surface area contributed by atoms with E-state index >= 15 is 0 Å². The van der Waals surface area contributed by atoms with E-state index in [1.807, 2.05) is 0 Å². The van der Waals surface area contributed by atoms with E-state index in [-0.39, 0.29) is 5.54 Å². The number of thiocarbonyl (C=S) groups is 1. The predicted octanol–water partition coefficient (Wildman–Crippen LogP) is 3.73. The molecule has 1 unspecified atom stereocenters. The molecule has 2 rings (SSSR count). The Labute approximate surface area is 152 Å². The molecule has 0 bridgehead atoms. The second-order valence-corrected chi connectivity index (χ2v) is 8.44. The van der Waals surface area contributed by atoms with Gasteiger partial charge in [0.2, 0.25) is 5.91 Å². The molecule has 5 heteroatoms. The number of nitrogens with one attached hydrogen (secondary N) is 2. The predicted molar refractivity (Wildman–Crippen MR) is 104 cm³/mol. The molecule has 2 N–H and O–H groups in total. The standard InChI is InChI=1S/C19H33N3OS/c1-19(2,3)21-18(24)20-13-7-6-12-17(23)22-14-8-10-15-9-4-5-11-16(15)22/h11,15H,4-10,12-14H2,1-3H3,(H2,20,21,24). The number of allylic oxidation sites excluding steroid dienone is 2. The number of rotatable bonds is 5. The minimum absolute atomic E-state index is 0.0153. The zero-order valence-corrected chi connectivity index (χ0v) is 16.3. The van der Waals surface area contributed by atoms with Gasteiger partial charge in [0.1, 0.15) is 0 Å². The highest BCUT2D eigenvalue weighted by Gasteiger charge is 2.29. The molecule has 0 aromatic rings. The summed E-state index contributed by atoms with van der Waals surface area (Å²) in [5, 5.41) is 7.16. The van der Waals surface area contributed by atoms with Crippen molar-refractivity contribution < 1.29 is 4.79 Å². The lowest BCUT2D eigenvalue weighted by atomic mass is 9.85. The highest BCUT2D eigenvalue weighted by atomic mass is 32.1. The molecule has 0 aromatic carbocycles. The summed E-state index contributed by atoms with van der Waals surface area (Å²) < 4.78 is 0. The fraction of sp³-hybridized carbons (Fsp3) is 0.789. The Morgan fingerprint density at radius 2 is 2.04 bits per heavy atom. The minimum atomic E-state index is -0.0153. The quantitative estimate of drug-likeness (QED) is 0.585. The summed E-state index contributed by atoms with van der Waals surface area (Å²) in [6.45, 7) is 8.00. The van der Waals surface area contributed by atoms with E-state index in [1.165, 1.54) is 25.0 Å².